The minimum atomic E-state index is -4.58. The van der Waals surface area contributed by atoms with E-state index in [4.69, 9.17) is 39.0 Å². The number of hydrogen-bond acceptors (Lipinski definition) is 15. The quantitative estimate of drug-likeness (QED) is 0.0366. The molecule has 0 fully saturated rings. The number of alkyl carbamates (subject to hydrolysis) is 1. The van der Waals surface area contributed by atoms with Crippen LogP contribution in [0.15, 0.2) is 104 Å². The first-order valence-corrected chi connectivity index (χ1v) is 26.9. The number of anilines is 3. The summed E-state index contributed by atoms with van der Waals surface area (Å²) < 4.78 is 70.9. The Morgan fingerprint density at radius 3 is 1.71 bits per heavy atom. The lowest BCUT2D eigenvalue weighted by molar-refractivity contribution is -0.137. The summed E-state index contributed by atoms with van der Waals surface area (Å²) >= 11 is 2.23. The van der Waals surface area contributed by atoms with E-state index in [0.717, 1.165) is 66.9 Å². The number of carboxylic acid groups (broad SMARTS) is 1. The van der Waals surface area contributed by atoms with E-state index >= 15 is 0 Å². The predicted molar refractivity (Wildman–Crippen MR) is 313 cm³/mol. The van der Waals surface area contributed by atoms with Crippen LogP contribution in [0.4, 0.5) is 40.2 Å². The zero-order chi connectivity index (χ0) is 59.3. The van der Waals surface area contributed by atoms with E-state index in [0.29, 0.717) is 73.0 Å². The van der Waals surface area contributed by atoms with Crippen LogP contribution in [-0.2, 0) is 37.1 Å². The molecular weight excluding hydrogens is 1180 g/mol. The molecule has 0 aliphatic carbocycles. The number of nitrogens with one attached hydrogen (secondary N) is 5. The topological polar surface area (TPSA) is 252 Å². The Balaban J connectivity index is 0.000000251. The summed E-state index contributed by atoms with van der Waals surface area (Å²) in [5.74, 6) is 3.18. The molecular formula is C57H64F3IN12O9. The molecule has 8 rings (SSSR count). The van der Waals surface area contributed by atoms with Crippen LogP contribution in [0.25, 0.3) is 33.1 Å². The maximum Gasteiger partial charge on any atom is 0.416 e. The molecule has 2 atom stereocenters. The van der Waals surface area contributed by atoms with Crippen LogP contribution in [-0.4, -0.2) is 104 Å². The smallest absolute Gasteiger partial charge is 0.416 e. The lowest BCUT2D eigenvalue weighted by Gasteiger charge is -2.22. The highest BCUT2D eigenvalue weighted by atomic mass is 127. The van der Waals surface area contributed by atoms with Gasteiger partial charge in [-0.15, -0.1) is 0 Å². The van der Waals surface area contributed by atoms with Crippen molar-refractivity contribution in [3.8, 4) is 34.3 Å². The van der Waals surface area contributed by atoms with E-state index in [1.807, 2.05) is 74.8 Å². The maximum atomic E-state index is 13.1. The molecule has 21 nitrogen and oxygen atoms in total. The number of aryl methyl sites for hydroxylation is 2. The van der Waals surface area contributed by atoms with Crippen LogP contribution in [0, 0.1) is 3.70 Å². The number of aromatic nitrogens is 7. The van der Waals surface area contributed by atoms with Gasteiger partial charge in [-0.05, 0) is 131 Å². The second kappa shape index (κ2) is 27.2. The second-order valence-corrected chi connectivity index (χ2v) is 20.7. The van der Waals surface area contributed by atoms with Gasteiger partial charge in [-0.25, -0.2) is 24.5 Å². The highest BCUT2D eigenvalue weighted by Gasteiger charge is 2.31. The van der Waals surface area contributed by atoms with Crippen molar-refractivity contribution in [1.29, 1.82) is 0 Å². The molecule has 0 bridgehead atoms. The summed E-state index contributed by atoms with van der Waals surface area (Å²) in [6.45, 7) is 11.2. The van der Waals surface area contributed by atoms with E-state index in [1.54, 1.807) is 70.6 Å². The first-order chi connectivity index (χ1) is 39.1. The van der Waals surface area contributed by atoms with Crippen molar-refractivity contribution in [1.82, 2.24) is 45.1 Å². The van der Waals surface area contributed by atoms with Gasteiger partial charge in [0.25, 0.3) is 5.91 Å². The van der Waals surface area contributed by atoms with Crippen molar-refractivity contribution in [2.45, 2.75) is 97.5 Å². The number of benzene rings is 3. The van der Waals surface area contributed by atoms with Gasteiger partial charge in [0.05, 0.1) is 55.8 Å². The second-order valence-electron chi connectivity index (χ2n) is 19.7. The van der Waals surface area contributed by atoms with Crippen molar-refractivity contribution < 1.29 is 56.3 Å². The minimum absolute atomic E-state index is 0.0614. The van der Waals surface area contributed by atoms with Crippen LogP contribution in [0.3, 0.4) is 0 Å². The number of amides is 3. The Kier molecular flexibility index (Phi) is 20.3. The summed E-state index contributed by atoms with van der Waals surface area (Å²) in [5, 5.41) is 34.9. The number of pyridine rings is 3. The van der Waals surface area contributed by atoms with Gasteiger partial charge in [0.15, 0.2) is 0 Å². The molecule has 5 heterocycles. The first-order valence-electron chi connectivity index (χ1n) is 25.8. The molecule has 0 spiro atoms. The normalized spacial score (nSPS) is 12.1. The van der Waals surface area contributed by atoms with E-state index in [9.17, 15) is 27.6 Å². The Morgan fingerprint density at radius 2 is 1.18 bits per heavy atom. The Labute approximate surface area is 484 Å². The zero-order valence-electron chi connectivity index (χ0n) is 46.6. The van der Waals surface area contributed by atoms with E-state index in [-0.39, 0.29) is 23.5 Å². The van der Waals surface area contributed by atoms with Gasteiger partial charge in [0, 0.05) is 91.2 Å². The number of carbonyl (C=O) groups excluding carboxylic acids is 2. The molecule has 25 heteroatoms. The number of rotatable bonds is 21. The van der Waals surface area contributed by atoms with Crippen molar-refractivity contribution in [2.24, 2.45) is 0 Å². The fraction of sp³-hybridized carbons (Fsp3) is 0.333. The molecule has 0 unspecified atom stereocenters. The third kappa shape index (κ3) is 16.1. The average Bonchev–Trinajstić information content (AvgIpc) is 4.00. The van der Waals surface area contributed by atoms with Gasteiger partial charge in [-0.3, -0.25) is 14.2 Å². The Morgan fingerprint density at radius 1 is 0.659 bits per heavy atom. The monoisotopic (exact) mass is 1240 g/mol. The molecule has 3 aromatic carbocycles. The number of nitrogens with zero attached hydrogens (tertiary/aromatic N) is 7. The summed E-state index contributed by atoms with van der Waals surface area (Å²) in [4.78, 5) is 49.0. The van der Waals surface area contributed by atoms with Crippen molar-refractivity contribution in [3.05, 3.63) is 129 Å². The van der Waals surface area contributed by atoms with Crippen LogP contribution in [0.1, 0.15) is 74.5 Å². The van der Waals surface area contributed by atoms with Crippen LogP contribution >= 0.6 is 22.6 Å². The van der Waals surface area contributed by atoms with E-state index in [2.05, 4.69) is 64.1 Å². The predicted octanol–water partition coefficient (Wildman–Crippen LogP) is 11.4. The van der Waals surface area contributed by atoms with Gasteiger partial charge < -0.3 is 55.4 Å². The number of alkyl halides is 3. The molecule has 0 radical (unpaired) electrons. The van der Waals surface area contributed by atoms with Gasteiger partial charge in [0.2, 0.25) is 0 Å². The summed E-state index contributed by atoms with van der Waals surface area (Å²) in [5.41, 5.74) is 3.49. The number of methoxy groups -OCH3 is 4. The molecule has 6 N–H and O–H groups in total. The van der Waals surface area contributed by atoms with Gasteiger partial charge in [0.1, 0.15) is 55.4 Å². The fourth-order valence-electron chi connectivity index (χ4n) is 8.51. The number of carbonyl (C=O) groups is 3. The summed E-state index contributed by atoms with van der Waals surface area (Å²) in [6.07, 6.45) is -0.551. The highest BCUT2D eigenvalue weighted by Crippen LogP contribution is 2.35. The molecule has 3 amide bonds. The first kappa shape index (κ1) is 61.0. The van der Waals surface area contributed by atoms with Crippen molar-refractivity contribution in [3.63, 3.8) is 0 Å². The minimum Gasteiger partial charge on any atom is -0.497 e. The third-order valence-electron chi connectivity index (χ3n) is 12.6. The van der Waals surface area contributed by atoms with Gasteiger partial charge >= 0.3 is 18.4 Å². The third-order valence-corrected chi connectivity index (χ3v) is 13.4. The Bertz CT molecular complexity index is 3520. The molecule has 0 aliphatic rings. The van der Waals surface area contributed by atoms with Crippen LogP contribution in [0.2, 0.25) is 0 Å². The standard InChI is InChI=1S/C33H32F3N7O5.C24H32IN5O4/c1-19(40-32(45)46)12-15-43-25-11-14-38-30(39-18-22-8-9-24(47-2)17-26(22)48-3)28(25)29(42-43)20-4-6-21(7-5-20)31(44)41-27-16-23(10-13-37-27)33(34,35)36;1-15(28-23(31)34-24(2,3)4)10-12-30-18-9-11-26-22(20(18)21(25)29-30)27-14-16-7-8-17(32-5)13-19(16)33-6/h4-11,13-14,16-17,19,40H,12,15,18H2,1-3H3,(H,38,39)(H,45,46)(H,37,41,44);7-9,11,13,15H,10,12,14H2,1-6H3,(H,26,27)(H,28,31)/t19-;15-/m11/s1. The molecule has 0 aliphatic heterocycles. The molecule has 82 heavy (non-hydrogen) atoms. The Hall–Kier alpha value is -8.62. The number of halogens is 4. The largest absolute Gasteiger partial charge is 0.497 e. The number of fused-ring (bicyclic) bond motifs is 2. The zero-order valence-corrected chi connectivity index (χ0v) is 48.7. The van der Waals surface area contributed by atoms with Crippen LogP contribution < -0.4 is 45.5 Å². The lowest BCUT2D eigenvalue weighted by Crippen LogP contribution is -2.38. The van der Waals surface area contributed by atoms with Crippen LogP contribution in [0.5, 0.6) is 23.0 Å². The highest BCUT2D eigenvalue weighted by molar-refractivity contribution is 14.1. The summed E-state index contributed by atoms with van der Waals surface area (Å²) in [7, 11) is 6.41. The maximum absolute atomic E-state index is 13.1. The lowest BCUT2D eigenvalue weighted by atomic mass is 10.1. The number of ether oxygens (including phenoxy) is 5. The SMILES string of the molecule is COc1ccc(CNc2nccc3c2c(-c2ccc(C(=O)Nc4cc(C(F)(F)F)ccn4)cc2)nn3CC[C@@H](C)NC(=O)O)c(OC)c1.COc1ccc(CNc2nccc3c2c(I)nn3CC[C@@H](C)NC(=O)OC(C)(C)C)c(OC)c1. The molecule has 5 aromatic heterocycles. The molecule has 0 saturated heterocycles. The molecule has 434 valence electrons. The van der Waals surface area contributed by atoms with Crippen molar-refractivity contribution in [2.75, 3.05) is 44.4 Å². The van der Waals surface area contributed by atoms with E-state index < -0.39 is 35.4 Å². The fourth-order valence-corrected chi connectivity index (χ4v) is 9.30. The van der Waals surface area contributed by atoms with Gasteiger partial charge in [-0.1, -0.05) is 12.1 Å². The molecule has 0 saturated carbocycles. The van der Waals surface area contributed by atoms with E-state index in [1.165, 1.54) is 12.1 Å². The van der Waals surface area contributed by atoms with Crippen molar-refractivity contribution >= 4 is 79.9 Å². The van der Waals surface area contributed by atoms with Gasteiger partial charge in [-0.2, -0.15) is 23.4 Å². The number of hydrogen-bond donors (Lipinski definition) is 6. The molecule has 8 aromatic rings. The average molecular weight is 1250 g/mol. The summed E-state index contributed by atoms with van der Waals surface area (Å²) in [6, 6.07) is 22.6.